The maximum Gasteiger partial charge on any atom is 0.326 e. The molecule has 3 amide bonds. The zero-order valence-electron chi connectivity index (χ0n) is 20.5. The van der Waals surface area contributed by atoms with E-state index in [1.165, 1.54) is 12.5 Å². The van der Waals surface area contributed by atoms with Crippen molar-refractivity contribution < 1.29 is 34.2 Å². The molecule has 14 heteroatoms. The maximum atomic E-state index is 13.1. The molecule has 1 aromatic heterocycles. The highest BCUT2D eigenvalue weighted by Crippen LogP contribution is 2.07. The second kappa shape index (κ2) is 15.5. The van der Waals surface area contributed by atoms with Crippen molar-refractivity contribution in [2.24, 2.45) is 17.4 Å². The highest BCUT2D eigenvalue weighted by Gasteiger charge is 2.32. The van der Waals surface area contributed by atoms with Gasteiger partial charge in [0, 0.05) is 24.7 Å². The predicted molar refractivity (Wildman–Crippen MR) is 128 cm³/mol. The molecular formula is C22H37N7O7. The van der Waals surface area contributed by atoms with E-state index in [1.807, 2.05) is 0 Å². The SMILES string of the molecule is CC(C)C(NC(=O)C(Cc1cnc[nH]1)NC(=O)C(CCC(=O)O)NC(=O)C(N)CCCCN)C(=O)O. The number of amides is 3. The third-order valence-corrected chi connectivity index (χ3v) is 5.43. The van der Waals surface area contributed by atoms with Crippen LogP contribution in [0.15, 0.2) is 12.5 Å². The van der Waals surface area contributed by atoms with E-state index < -0.39 is 66.2 Å². The average Bonchev–Trinajstić information content (AvgIpc) is 3.31. The number of hydrogen-bond donors (Lipinski definition) is 8. The molecule has 4 atom stereocenters. The topological polar surface area (TPSA) is 243 Å². The van der Waals surface area contributed by atoms with Gasteiger partial charge >= 0.3 is 11.9 Å². The van der Waals surface area contributed by atoms with Crippen LogP contribution in [0.2, 0.25) is 0 Å². The van der Waals surface area contributed by atoms with Crippen molar-refractivity contribution in [1.29, 1.82) is 0 Å². The Balaban J connectivity index is 3.04. The third-order valence-electron chi connectivity index (χ3n) is 5.43. The molecule has 0 fully saturated rings. The first kappa shape index (κ1) is 30.5. The Morgan fingerprint density at radius 3 is 2.14 bits per heavy atom. The summed E-state index contributed by atoms with van der Waals surface area (Å²) >= 11 is 0. The minimum absolute atomic E-state index is 0.0553. The van der Waals surface area contributed by atoms with Crippen LogP contribution in [0.25, 0.3) is 0 Å². The number of carbonyl (C=O) groups excluding carboxylic acids is 3. The van der Waals surface area contributed by atoms with E-state index in [2.05, 4.69) is 25.9 Å². The molecule has 0 spiro atoms. The van der Waals surface area contributed by atoms with Gasteiger partial charge in [-0.05, 0) is 31.7 Å². The lowest BCUT2D eigenvalue weighted by Gasteiger charge is -2.25. The molecule has 0 saturated heterocycles. The number of carbonyl (C=O) groups is 5. The van der Waals surface area contributed by atoms with Gasteiger partial charge in [-0.15, -0.1) is 0 Å². The van der Waals surface area contributed by atoms with Crippen LogP contribution >= 0.6 is 0 Å². The number of carboxylic acid groups (broad SMARTS) is 2. The lowest BCUT2D eigenvalue weighted by molar-refractivity contribution is -0.143. The summed E-state index contributed by atoms with van der Waals surface area (Å²) in [5.41, 5.74) is 11.8. The van der Waals surface area contributed by atoms with Crippen LogP contribution in [0.5, 0.6) is 0 Å². The van der Waals surface area contributed by atoms with Crippen molar-refractivity contribution in [1.82, 2.24) is 25.9 Å². The average molecular weight is 512 g/mol. The van der Waals surface area contributed by atoms with Crippen LogP contribution in [-0.2, 0) is 30.4 Å². The van der Waals surface area contributed by atoms with Gasteiger partial charge in [-0.2, -0.15) is 0 Å². The van der Waals surface area contributed by atoms with Crippen LogP contribution in [0.4, 0.5) is 0 Å². The maximum absolute atomic E-state index is 13.1. The third kappa shape index (κ3) is 10.8. The van der Waals surface area contributed by atoms with Gasteiger partial charge < -0.3 is 42.6 Å². The van der Waals surface area contributed by atoms with E-state index in [0.29, 0.717) is 31.5 Å². The molecule has 202 valence electrons. The smallest absolute Gasteiger partial charge is 0.326 e. The van der Waals surface area contributed by atoms with Gasteiger partial charge in [-0.25, -0.2) is 9.78 Å². The molecule has 1 rings (SSSR count). The van der Waals surface area contributed by atoms with Crippen molar-refractivity contribution in [3.8, 4) is 0 Å². The molecular weight excluding hydrogens is 474 g/mol. The first-order chi connectivity index (χ1) is 17.0. The summed E-state index contributed by atoms with van der Waals surface area (Å²) < 4.78 is 0. The van der Waals surface area contributed by atoms with Gasteiger partial charge in [0.15, 0.2) is 0 Å². The number of aromatic amines is 1. The summed E-state index contributed by atoms with van der Waals surface area (Å²) in [4.78, 5) is 67.8. The summed E-state index contributed by atoms with van der Waals surface area (Å²) in [6.07, 6.45) is 3.69. The Hall–Kier alpha value is -3.52. The van der Waals surface area contributed by atoms with Gasteiger partial charge in [-0.3, -0.25) is 19.2 Å². The number of nitrogens with zero attached hydrogens (tertiary/aromatic N) is 1. The molecule has 0 radical (unpaired) electrons. The van der Waals surface area contributed by atoms with Crippen LogP contribution in [0.3, 0.4) is 0 Å². The Kier molecular flexibility index (Phi) is 13.1. The summed E-state index contributed by atoms with van der Waals surface area (Å²) in [7, 11) is 0. The number of nitrogens with one attached hydrogen (secondary N) is 4. The molecule has 14 nitrogen and oxygen atoms in total. The standard InChI is InChI=1S/C22H37N7O7/c1-12(2)18(22(35)36)29-21(34)16(9-13-10-25-11-26-13)28-20(33)15(6-7-17(30)31)27-19(32)14(24)5-3-4-8-23/h10-12,14-16,18H,3-9,23-24H2,1-2H3,(H,25,26)(H,27,32)(H,28,33)(H,29,34)(H,30,31)(H,35,36). The van der Waals surface area contributed by atoms with Crippen molar-refractivity contribution >= 4 is 29.7 Å². The number of hydrogen-bond acceptors (Lipinski definition) is 8. The molecule has 0 saturated carbocycles. The van der Waals surface area contributed by atoms with Crippen LogP contribution in [0.1, 0.15) is 51.6 Å². The highest BCUT2D eigenvalue weighted by atomic mass is 16.4. The molecule has 0 aliphatic carbocycles. The second-order valence-corrected chi connectivity index (χ2v) is 8.80. The number of carboxylic acids is 2. The monoisotopic (exact) mass is 511 g/mol. The van der Waals surface area contributed by atoms with Gasteiger partial charge in [0.05, 0.1) is 12.4 Å². The molecule has 1 aromatic rings. The van der Waals surface area contributed by atoms with Gasteiger partial charge in [-0.1, -0.05) is 20.3 Å². The summed E-state index contributed by atoms with van der Waals surface area (Å²) in [5.74, 6) is -5.06. The number of rotatable bonds is 17. The lowest BCUT2D eigenvalue weighted by atomic mass is 10.0. The quantitative estimate of drug-likeness (QED) is 0.112. The number of H-pyrrole nitrogens is 1. The Bertz CT molecular complexity index is 876. The first-order valence-electron chi connectivity index (χ1n) is 11.7. The Morgan fingerprint density at radius 1 is 0.972 bits per heavy atom. The fourth-order valence-electron chi connectivity index (χ4n) is 3.32. The van der Waals surface area contributed by atoms with Gasteiger partial charge in [0.2, 0.25) is 17.7 Å². The second-order valence-electron chi connectivity index (χ2n) is 8.80. The van der Waals surface area contributed by atoms with E-state index >= 15 is 0 Å². The number of aromatic nitrogens is 2. The Morgan fingerprint density at radius 2 is 1.61 bits per heavy atom. The largest absolute Gasteiger partial charge is 0.481 e. The van der Waals surface area contributed by atoms with Crippen molar-refractivity contribution in [2.45, 2.75) is 76.5 Å². The summed E-state index contributed by atoms with van der Waals surface area (Å²) in [5, 5.41) is 25.9. The minimum atomic E-state index is -1.29. The highest BCUT2D eigenvalue weighted by molar-refractivity contribution is 5.94. The summed E-state index contributed by atoms with van der Waals surface area (Å²) in [6, 6.07) is -4.65. The van der Waals surface area contributed by atoms with E-state index in [1.54, 1.807) is 13.8 Å². The van der Waals surface area contributed by atoms with Crippen molar-refractivity contribution in [3.05, 3.63) is 18.2 Å². The molecule has 10 N–H and O–H groups in total. The zero-order valence-corrected chi connectivity index (χ0v) is 20.5. The zero-order chi connectivity index (χ0) is 27.3. The number of aliphatic carboxylic acids is 2. The fourth-order valence-corrected chi connectivity index (χ4v) is 3.32. The van der Waals surface area contributed by atoms with Crippen LogP contribution in [0, 0.1) is 5.92 Å². The van der Waals surface area contributed by atoms with Crippen molar-refractivity contribution in [3.63, 3.8) is 0 Å². The fraction of sp³-hybridized carbons (Fsp3) is 0.636. The first-order valence-corrected chi connectivity index (χ1v) is 11.7. The van der Waals surface area contributed by atoms with Crippen LogP contribution in [-0.4, -0.2) is 80.6 Å². The van der Waals surface area contributed by atoms with E-state index in [-0.39, 0.29) is 12.8 Å². The molecule has 36 heavy (non-hydrogen) atoms. The molecule has 0 aromatic carbocycles. The number of nitrogens with two attached hydrogens (primary N) is 2. The van der Waals surface area contributed by atoms with E-state index in [4.69, 9.17) is 16.6 Å². The lowest BCUT2D eigenvalue weighted by Crippen LogP contribution is -2.58. The van der Waals surface area contributed by atoms with Crippen LogP contribution < -0.4 is 27.4 Å². The predicted octanol–water partition coefficient (Wildman–Crippen LogP) is -1.53. The van der Waals surface area contributed by atoms with Crippen molar-refractivity contribution in [2.75, 3.05) is 6.54 Å². The minimum Gasteiger partial charge on any atom is -0.481 e. The molecule has 0 aliphatic rings. The van der Waals surface area contributed by atoms with Gasteiger partial charge in [0.25, 0.3) is 0 Å². The molecule has 0 aliphatic heterocycles. The summed E-state index contributed by atoms with van der Waals surface area (Å²) in [6.45, 7) is 3.68. The normalized spacial score (nSPS) is 14.4. The van der Waals surface area contributed by atoms with Gasteiger partial charge in [0.1, 0.15) is 18.1 Å². The van der Waals surface area contributed by atoms with E-state index in [9.17, 15) is 29.1 Å². The Labute approximate surface area is 209 Å². The van der Waals surface area contributed by atoms with E-state index in [0.717, 1.165) is 0 Å². The number of imidazole rings is 1. The number of unbranched alkanes of at least 4 members (excludes halogenated alkanes) is 1. The molecule has 1 heterocycles. The molecule has 4 unspecified atom stereocenters. The molecule has 0 bridgehead atoms.